The van der Waals surface area contributed by atoms with Crippen LogP contribution in [0.1, 0.15) is 5.56 Å². The summed E-state index contributed by atoms with van der Waals surface area (Å²) in [6.07, 6.45) is 0. The van der Waals surface area contributed by atoms with E-state index in [1.54, 1.807) is 48.5 Å². The lowest BCUT2D eigenvalue weighted by Crippen LogP contribution is -2.29. The van der Waals surface area contributed by atoms with Gasteiger partial charge >= 0.3 is 0 Å². The first-order valence-corrected chi connectivity index (χ1v) is 10.8. The van der Waals surface area contributed by atoms with Crippen molar-refractivity contribution in [2.24, 2.45) is 0 Å². The predicted molar refractivity (Wildman–Crippen MR) is 109 cm³/mol. The summed E-state index contributed by atoms with van der Waals surface area (Å²) in [6, 6.07) is 18.2. The Morgan fingerprint density at radius 2 is 1.83 bits per heavy atom. The van der Waals surface area contributed by atoms with Crippen molar-refractivity contribution in [3.05, 3.63) is 78.1 Å². The standard InChI is InChI=1S/C20H18FN5O3S/c21-17-8-4-7-16(13-17)20-24-23-18-9-10-19(25-26(18)20)29-12-11-22-30(27,28)14-15-5-2-1-3-6-15/h1-10,13,22H,11-12,14H2. The Hall–Kier alpha value is -3.37. The second-order valence-corrected chi connectivity index (χ2v) is 8.27. The molecule has 1 N–H and O–H groups in total. The summed E-state index contributed by atoms with van der Waals surface area (Å²) in [5.74, 6) is 0.149. The zero-order chi connectivity index (χ0) is 21.0. The maximum atomic E-state index is 13.5. The molecular weight excluding hydrogens is 409 g/mol. The van der Waals surface area contributed by atoms with E-state index in [0.717, 1.165) is 0 Å². The molecule has 8 nitrogen and oxygen atoms in total. The van der Waals surface area contributed by atoms with Gasteiger partial charge in [-0.3, -0.25) is 0 Å². The van der Waals surface area contributed by atoms with Crippen LogP contribution in [-0.2, 0) is 15.8 Å². The highest BCUT2D eigenvalue weighted by Gasteiger charge is 2.13. The van der Waals surface area contributed by atoms with E-state index in [9.17, 15) is 12.8 Å². The van der Waals surface area contributed by atoms with Gasteiger partial charge in [-0.05, 0) is 23.8 Å². The van der Waals surface area contributed by atoms with E-state index in [2.05, 4.69) is 20.0 Å². The molecule has 0 atom stereocenters. The highest BCUT2D eigenvalue weighted by atomic mass is 32.2. The SMILES string of the molecule is O=S(=O)(Cc1ccccc1)NCCOc1ccc2nnc(-c3cccc(F)c3)n2n1. The largest absolute Gasteiger partial charge is 0.475 e. The minimum Gasteiger partial charge on any atom is -0.475 e. The molecule has 0 aliphatic heterocycles. The third-order valence-electron chi connectivity index (χ3n) is 4.19. The number of hydrogen-bond donors (Lipinski definition) is 1. The van der Waals surface area contributed by atoms with Crippen molar-refractivity contribution in [3.8, 4) is 17.3 Å². The molecule has 0 radical (unpaired) electrons. The van der Waals surface area contributed by atoms with Gasteiger partial charge in [0.2, 0.25) is 15.9 Å². The van der Waals surface area contributed by atoms with Crippen LogP contribution < -0.4 is 9.46 Å². The maximum absolute atomic E-state index is 13.5. The summed E-state index contributed by atoms with van der Waals surface area (Å²) in [7, 11) is -3.47. The fourth-order valence-electron chi connectivity index (χ4n) is 2.85. The lowest BCUT2D eigenvalue weighted by molar-refractivity contribution is 0.306. The number of sulfonamides is 1. The molecule has 2 aromatic heterocycles. The number of nitrogens with zero attached hydrogens (tertiary/aromatic N) is 4. The second-order valence-electron chi connectivity index (χ2n) is 6.46. The highest BCUT2D eigenvalue weighted by Crippen LogP contribution is 2.19. The second kappa shape index (κ2) is 8.56. The number of fused-ring (bicyclic) bond motifs is 1. The molecule has 4 rings (SSSR count). The number of rotatable bonds is 8. The zero-order valence-corrected chi connectivity index (χ0v) is 16.6. The van der Waals surface area contributed by atoms with Crippen molar-refractivity contribution < 1.29 is 17.5 Å². The Morgan fingerprint density at radius 1 is 1.00 bits per heavy atom. The number of ether oxygens (including phenoxy) is 1. The molecule has 4 aromatic rings. The van der Waals surface area contributed by atoms with Gasteiger partial charge in [-0.25, -0.2) is 17.5 Å². The van der Waals surface area contributed by atoms with Gasteiger partial charge in [0.05, 0.1) is 5.75 Å². The van der Waals surface area contributed by atoms with Crippen LogP contribution in [0.2, 0.25) is 0 Å². The molecule has 30 heavy (non-hydrogen) atoms. The summed E-state index contributed by atoms with van der Waals surface area (Å²) in [6.45, 7) is 0.178. The lowest BCUT2D eigenvalue weighted by Gasteiger charge is -2.08. The van der Waals surface area contributed by atoms with E-state index in [1.165, 1.54) is 16.6 Å². The molecular formula is C20H18FN5O3S. The van der Waals surface area contributed by atoms with Gasteiger partial charge in [-0.2, -0.15) is 4.52 Å². The van der Waals surface area contributed by atoms with Crippen molar-refractivity contribution in [3.63, 3.8) is 0 Å². The summed E-state index contributed by atoms with van der Waals surface area (Å²) in [5.41, 5.74) is 1.71. The average Bonchev–Trinajstić information content (AvgIpc) is 3.15. The summed E-state index contributed by atoms with van der Waals surface area (Å²) >= 11 is 0. The Labute approximate surface area is 172 Å². The first-order valence-electron chi connectivity index (χ1n) is 9.13. The quantitative estimate of drug-likeness (QED) is 0.434. The lowest BCUT2D eigenvalue weighted by atomic mass is 10.2. The van der Waals surface area contributed by atoms with Crippen molar-refractivity contribution in [1.29, 1.82) is 0 Å². The van der Waals surface area contributed by atoms with E-state index >= 15 is 0 Å². The van der Waals surface area contributed by atoms with Crippen LogP contribution in [0.25, 0.3) is 17.0 Å². The van der Waals surface area contributed by atoms with Crippen LogP contribution in [0.15, 0.2) is 66.7 Å². The normalized spacial score (nSPS) is 11.6. The van der Waals surface area contributed by atoms with Gasteiger partial charge < -0.3 is 4.74 Å². The molecule has 0 bridgehead atoms. The first-order chi connectivity index (χ1) is 14.5. The average molecular weight is 427 g/mol. The molecule has 0 saturated heterocycles. The third-order valence-corrected chi connectivity index (χ3v) is 5.55. The monoisotopic (exact) mass is 427 g/mol. The number of halogens is 1. The van der Waals surface area contributed by atoms with Gasteiger partial charge in [0.1, 0.15) is 12.4 Å². The molecule has 0 unspecified atom stereocenters. The van der Waals surface area contributed by atoms with Gasteiger partial charge in [-0.1, -0.05) is 42.5 Å². The molecule has 10 heteroatoms. The first kappa shape index (κ1) is 19.9. The van der Waals surface area contributed by atoms with Crippen LogP contribution in [0.4, 0.5) is 4.39 Å². The van der Waals surface area contributed by atoms with Crippen molar-refractivity contribution in [2.45, 2.75) is 5.75 Å². The van der Waals surface area contributed by atoms with Crippen LogP contribution in [0.5, 0.6) is 5.88 Å². The van der Waals surface area contributed by atoms with Crippen LogP contribution in [0, 0.1) is 5.82 Å². The van der Waals surface area contributed by atoms with Crippen LogP contribution >= 0.6 is 0 Å². The molecule has 0 saturated carbocycles. The van der Waals surface area contributed by atoms with Gasteiger partial charge in [0.25, 0.3) is 0 Å². The number of benzene rings is 2. The summed E-state index contributed by atoms with van der Waals surface area (Å²) in [5, 5.41) is 12.4. The molecule has 2 heterocycles. The Bertz CT molecular complexity index is 1260. The Morgan fingerprint density at radius 3 is 2.63 bits per heavy atom. The Balaban J connectivity index is 1.39. The molecule has 0 aliphatic rings. The minimum atomic E-state index is -3.47. The third kappa shape index (κ3) is 4.78. The topological polar surface area (TPSA) is 98.5 Å². The van der Waals surface area contributed by atoms with Gasteiger partial charge in [0, 0.05) is 18.2 Å². The summed E-state index contributed by atoms with van der Waals surface area (Å²) in [4.78, 5) is 0. The van der Waals surface area contributed by atoms with Crippen molar-refractivity contribution >= 4 is 15.7 Å². The van der Waals surface area contributed by atoms with Crippen molar-refractivity contribution in [1.82, 2.24) is 24.5 Å². The zero-order valence-electron chi connectivity index (χ0n) is 15.8. The van der Waals surface area contributed by atoms with E-state index in [0.29, 0.717) is 22.6 Å². The predicted octanol–water partition coefficient (Wildman–Crippen LogP) is 2.43. The minimum absolute atomic E-state index is 0.0873. The molecule has 2 aromatic carbocycles. The van der Waals surface area contributed by atoms with Crippen LogP contribution in [-0.4, -0.2) is 41.4 Å². The highest BCUT2D eigenvalue weighted by molar-refractivity contribution is 7.88. The summed E-state index contributed by atoms with van der Waals surface area (Å²) < 4.78 is 47.3. The van der Waals surface area contributed by atoms with Crippen molar-refractivity contribution in [2.75, 3.05) is 13.2 Å². The maximum Gasteiger partial charge on any atom is 0.231 e. The van der Waals surface area contributed by atoms with E-state index < -0.39 is 10.0 Å². The van der Waals surface area contributed by atoms with E-state index in [1.807, 2.05) is 6.07 Å². The van der Waals surface area contributed by atoms with Gasteiger partial charge in [-0.15, -0.1) is 15.3 Å². The molecule has 0 aliphatic carbocycles. The number of aromatic nitrogens is 4. The molecule has 154 valence electrons. The van der Waals surface area contributed by atoms with Gasteiger partial charge in [0.15, 0.2) is 11.5 Å². The smallest absolute Gasteiger partial charge is 0.231 e. The van der Waals surface area contributed by atoms with E-state index in [-0.39, 0.29) is 30.6 Å². The fraction of sp³-hybridized carbons (Fsp3) is 0.150. The van der Waals surface area contributed by atoms with E-state index in [4.69, 9.17) is 4.74 Å². The molecule has 0 spiro atoms. The number of hydrogen-bond acceptors (Lipinski definition) is 6. The van der Waals surface area contributed by atoms with Crippen LogP contribution in [0.3, 0.4) is 0 Å². The fourth-order valence-corrected chi connectivity index (χ4v) is 3.98. The molecule has 0 fully saturated rings. The number of nitrogens with one attached hydrogen (secondary N) is 1. The molecule has 0 amide bonds. The Kier molecular flexibility index (Phi) is 5.68.